The normalized spacial score (nSPS) is 10.8. The number of rotatable bonds is 2. The van der Waals surface area contributed by atoms with Crippen molar-refractivity contribution in [3.63, 3.8) is 0 Å². The van der Waals surface area contributed by atoms with Crippen LogP contribution in [0.5, 0.6) is 0 Å². The molecule has 0 fully saturated rings. The van der Waals surface area contributed by atoms with Gasteiger partial charge in [0.2, 0.25) is 0 Å². The van der Waals surface area contributed by atoms with Crippen molar-refractivity contribution in [2.75, 3.05) is 0 Å². The quantitative estimate of drug-likeness (QED) is 0.655. The van der Waals surface area contributed by atoms with E-state index in [1.807, 2.05) is 0 Å². The molecule has 0 unspecified atom stereocenters. The molecule has 0 spiro atoms. The molecule has 10 heavy (non-hydrogen) atoms. The van der Waals surface area contributed by atoms with Crippen molar-refractivity contribution in [1.29, 1.82) is 0 Å². The van der Waals surface area contributed by atoms with E-state index in [0.717, 1.165) is 4.68 Å². The fourth-order valence-electron chi connectivity index (χ4n) is 0.580. The summed E-state index contributed by atoms with van der Waals surface area (Å²) in [5.74, 6) is 0. The Morgan fingerprint density at radius 1 is 1.70 bits per heavy atom. The predicted octanol–water partition coefficient (Wildman–Crippen LogP) is 1.80. The lowest BCUT2D eigenvalue weighted by Gasteiger charge is -1.96. The number of halogens is 3. The molecule has 0 saturated carbocycles. The van der Waals surface area contributed by atoms with Crippen molar-refractivity contribution < 1.29 is 8.78 Å². The van der Waals surface area contributed by atoms with Crippen molar-refractivity contribution in [3.05, 3.63) is 17.4 Å². The second-order valence-electron chi connectivity index (χ2n) is 1.77. The third-order valence-electron chi connectivity index (χ3n) is 0.927. The van der Waals surface area contributed by atoms with Crippen LogP contribution in [0.1, 0.15) is 0 Å². The van der Waals surface area contributed by atoms with Crippen molar-refractivity contribution in [1.82, 2.24) is 9.78 Å². The molecule has 0 amide bonds. The van der Waals surface area contributed by atoms with Crippen LogP contribution < -0.4 is 0 Å². The van der Waals surface area contributed by atoms with Crippen molar-refractivity contribution >= 4 is 11.6 Å². The molecule has 0 aliphatic heterocycles. The van der Waals surface area contributed by atoms with Gasteiger partial charge < -0.3 is 0 Å². The highest BCUT2D eigenvalue weighted by atomic mass is 35.5. The molecule has 2 nitrogen and oxygen atoms in total. The molecule has 1 aromatic rings. The lowest BCUT2D eigenvalue weighted by molar-refractivity contribution is 0.122. The molecule has 5 heteroatoms. The zero-order valence-electron chi connectivity index (χ0n) is 4.97. The van der Waals surface area contributed by atoms with E-state index < -0.39 is 13.0 Å². The molecule has 1 aromatic heterocycles. The Balaban J connectivity index is 2.58. The van der Waals surface area contributed by atoms with Gasteiger partial charge in [0, 0.05) is 6.20 Å². The molecule has 0 saturated heterocycles. The summed E-state index contributed by atoms with van der Waals surface area (Å²) < 4.78 is 24.4. The highest BCUT2D eigenvalue weighted by Gasteiger charge is 2.03. The molecule has 0 aromatic carbocycles. The van der Waals surface area contributed by atoms with Gasteiger partial charge in [0.25, 0.3) is 6.43 Å². The highest BCUT2D eigenvalue weighted by molar-refractivity contribution is 6.30. The summed E-state index contributed by atoms with van der Waals surface area (Å²) in [6, 6.07) is 0. The van der Waals surface area contributed by atoms with Gasteiger partial charge in [0.1, 0.15) is 6.54 Å². The highest BCUT2D eigenvalue weighted by Crippen LogP contribution is 2.06. The van der Waals surface area contributed by atoms with Crippen LogP contribution in [0.15, 0.2) is 12.4 Å². The van der Waals surface area contributed by atoms with Crippen LogP contribution in [0.4, 0.5) is 8.78 Å². The second-order valence-corrected chi connectivity index (χ2v) is 2.21. The first-order valence-electron chi connectivity index (χ1n) is 2.64. The molecular formula is C5H5ClF2N2. The summed E-state index contributed by atoms with van der Waals surface area (Å²) in [7, 11) is 0. The number of hydrogen-bond donors (Lipinski definition) is 0. The molecule has 0 aliphatic rings. The minimum atomic E-state index is -2.38. The van der Waals surface area contributed by atoms with Gasteiger partial charge in [-0.2, -0.15) is 5.10 Å². The fourth-order valence-corrected chi connectivity index (χ4v) is 0.736. The number of aromatic nitrogens is 2. The van der Waals surface area contributed by atoms with Crippen LogP contribution in [0, 0.1) is 0 Å². The Morgan fingerprint density at radius 3 is 2.80 bits per heavy atom. The summed E-state index contributed by atoms with van der Waals surface area (Å²) in [6.07, 6.45) is 0.299. The molecule has 1 heterocycles. The van der Waals surface area contributed by atoms with Crippen molar-refractivity contribution in [3.8, 4) is 0 Å². The van der Waals surface area contributed by atoms with Gasteiger partial charge in [-0.15, -0.1) is 0 Å². The smallest absolute Gasteiger partial charge is 0.257 e. The third kappa shape index (κ3) is 1.95. The molecule has 0 aliphatic carbocycles. The van der Waals surface area contributed by atoms with Gasteiger partial charge in [0.05, 0.1) is 11.2 Å². The van der Waals surface area contributed by atoms with Gasteiger partial charge in [-0.25, -0.2) is 8.78 Å². The average Bonchev–Trinajstić information content (AvgIpc) is 2.13. The topological polar surface area (TPSA) is 17.8 Å². The van der Waals surface area contributed by atoms with E-state index >= 15 is 0 Å². The first kappa shape index (κ1) is 7.47. The van der Waals surface area contributed by atoms with Gasteiger partial charge in [0.15, 0.2) is 0 Å². The monoisotopic (exact) mass is 166 g/mol. The molecule has 1 rings (SSSR count). The third-order valence-corrected chi connectivity index (χ3v) is 1.12. The van der Waals surface area contributed by atoms with Crippen molar-refractivity contribution in [2.24, 2.45) is 0 Å². The summed E-state index contributed by atoms with van der Waals surface area (Å²) in [5.41, 5.74) is 0. The number of nitrogens with zero attached hydrogens (tertiary/aromatic N) is 2. The minimum Gasteiger partial charge on any atom is -0.265 e. The first-order valence-corrected chi connectivity index (χ1v) is 3.02. The molecular weight excluding hydrogens is 162 g/mol. The van der Waals surface area contributed by atoms with Crippen molar-refractivity contribution in [2.45, 2.75) is 13.0 Å². The van der Waals surface area contributed by atoms with Gasteiger partial charge in [-0.05, 0) is 0 Å². The lowest BCUT2D eigenvalue weighted by Crippen LogP contribution is -2.06. The van der Waals surface area contributed by atoms with E-state index in [9.17, 15) is 8.78 Å². The summed E-state index contributed by atoms with van der Waals surface area (Å²) in [4.78, 5) is 0. The molecule has 0 bridgehead atoms. The number of alkyl halides is 2. The molecule has 0 N–H and O–H groups in total. The van der Waals surface area contributed by atoms with E-state index in [1.54, 1.807) is 0 Å². The van der Waals surface area contributed by atoms with Gasteiger partial charge in [-0.3, -0.25) is 4.68 Å². The maximum absolute atomic E-state index is 11.6. The van der Waals surface area contributed by atoms with Crippen LogP contribution in [-0.2, 0) is 6.54 Å². The predicted molar refractivity (Wildman–Crippen MR) is 33.2 cm³/mol. The van der Waals surface area contributed by atoms with Crippen LogP contribution in [0.25, 0.3) is 0 Å². The Bertz CT molecular complexity index is 211. The Morgan fingerprint density at radius 2 is 2.40 bits per heavy atom. The second kappa shape index (κ2) is 2.96. The maximum Gasteiger partial charge on any atom is 0.257 e. The Kier molecular flexibility index (Phi) is 2.21. The molecule has 56 valence electrons. The maximum atomic E-state index is 11.6. The average molecular weight is 167 g/mol. The van der Waals surface area contributed by atoms with Gasteiger partial charge in [-0.1, -0.05) is 11.6 Å². The fraction of sp³-hybridized carbons (Fsp3) is 0.400. The largest absolute Gasteiger partial charge is 0.265 e. The molecule has 0 radical (unpaired) electrons. The first-order chi connectivity index (χ1) is 4.68. The zero-order chi connectivity index (χ0) is 7.56. The van der Waals surface area contributed by atoms with E-state index in [0.29, 0.717) is 5.02 Å². The Hall–Kier alpha value is -0.640. The lowest BCUT2D eigenvalue weighted by atomic mass is 10.7. The van der Waals surface area contributed by atoms with Crippen LogP contribution >= 0.6 is 11.6 Å². The number of hydrogen-bond acceptors (Lipinski definition) is 1. The summed E-state index contributed by atoms with van der Waals surface area (Å²) in [5, 5.41) is 3.94. The zero-order valence-corrected chi connectivity index (χ0v) is 5.72. The van der Waals surface area contributed by atoms with Gasteiger partial charge >= 0.3 is 0 Å². The standard InChI is InChI=1S/C5H5ClF2N2/c6-4-1-9-10(2-4)3-5(7)8/h1-2,5H,3H2. The van der Waals surface area contributed by atoms with Crippen LogP contribution in [0.2, 0.25) is 5.02 Å². The van der Waals surface area contributed by atoms with Crippen LogP contribution in [-0.4, -0.2) is 16.2 Å². The molecule has 0 atom stereocenters. The van der Waals surface area contributed by atoms with E-state index in [-0.39, 0.29) is 0 Å². The summed E-state index contributed by atoms with van der Waals surface area (Å²) in [6.45, 7) is -0.396. The van der Waals surface area contributed by atoms with E-state index in [4.69, 9.17) is 11.6 Å². The Labute approximate surface area is 61.4 Å². The van der Waals surface area contributed by atoms with E-state index in [2.05, 4.69) is 5.10 Å². The van der Waals surface area contributed by atoms with E-state index in [1.165, 1.54) is 12.4 Å². The minimum absolute atomic E-state index is 0.376. The SMILES string of the molecule is FC(F)Cn1cc(Cl)cn1. The summed E-state index contributed by atoms with van der Waals surface area (Å²) >= 11 is 5.42. The van der Waals surface area contributed by atoms with Crippen LogP contribution in [0.3, 0.4) is 0 Å².